The Bertz CT molecular complexity index is 1260. The quantitative estimate of drug-likeness (QED) is 0.0299. The van der Waals surface area contributed by atoms with E-state index in [4.69, 9.17) is 23.3 Å². The van der Waals surface area contributed by atoms with Crippen molar-refractivity contribution in [1.29, 1.82) is 0 Å². The number of hydrogen-bond acceptors (Lipinski definition) is 11. The van der Waals surface area contributed by atoms with Crippen LogP contribution in [0, 0.1) is 0 Å². The van der Waals surface area contributed by atoms with Crippen LogP contribution in [0.5, 0.6) is 0 Å². The van der Waals surface area contributed by atoms with Crippen LogP contribution in [0.3, 0.4) is 0 Å². The SMILES string of the molecule is CC=Cc1cn([C@@H]2O[C@H](COP(=O)(OCCC)OOC(C)C(CCCCCCC)SCCCCCCCCCCCC)[C@@H](O)[C@H]2O)c(=O)[nH]c1=O. The molecule has 1 fully saturated rings. The summed E-state index contributed by atoms with van der Waals surface area (Å²) >= 11 is 1.87. The van der Waals surface area contributed by atoms with Gasteiger partial charge in [-0.15, -0.1) is 4.67 Å². The van der Waals surface area contributed by atoms with E-state index in [1.54, 1.807) is 13.0 Å². The number of H-pyrrole nitrogens is 1. The van der Waals surface area contributed by atoms with E-state index < -0.39 is 56.3 Å². The van der Waals surface area contributed by atoms with E-state index in [0.717, 1.165) is 36.0 Å². The van der Waals surface area contributed by atoms with Gasteiger partial charge in [0.25, 0.3) is 5.56 Å². The number of phosphoric acid groups is 1. The van der Waals surface area contributed by atoms with Gasteiger partial charge in [0, 0.05) is 11.4 Å². The van der Waals surface area contributed by atoms with Gasteiger partial charge in [0.2, 0.25) is 0 Å². The summed E-state index contributed by atoms with van der Waals surface area (Å²) in [4.78, 5) is 32.6. The van der Waals surface area contributed by atoms with Crippen molar-refractivity contribution < 1.29 is 38.1 Å². The number of aromatic amines is 1. The van der Waals surface area contributed by atoms with Crippen LogP contribution in [0.2, 0.25) is 0 Å². The predicted octanol–water partition coefficient (Wildman–Crippen LogP) is 8.46. The fraction of sp³-hybridized carbons (Fsp3) is 0.838. The van der Waals surface area contributed by atoms with Gasteiger partial charge in [-0.05, 0) is 38.9 Å². The fourth-order valence-corrected chi connectivity index (χ4v) is 8.40. The van der Waals surface area contributed by atoms with E-state index in [-0.39, 0.29) is 17.4 Å². The molecule has 3 N–H and O–H groups in total. The van der Waals surface area contributed by atoms with Gasteiger partial charge in [-0.2, -0.15) is 11.8 Å². The van der Waals surface area contributed by atoms with Gasteiger partial charge in [0.15, 0.2) is 6.23 Å². The van der Waals surface area contributed by atoms with Crippen LogP contribution >= 0.6 is 19.6 Å². The molecule has 1 aliphatic rings. The van der Waals surface area contributed by atoms with Crippen LogP contribution in [-0.4, -0.2) is 68.4 Å². The average molecular weight is 763 g/mol. The van der Waals surface area contributed by atoms with Crippen molar-refractivity contribution in [2.24, 2.45) is 0 Å². The number of nitrogens with zero attached hydrogens (tertiary/aromatic N) is 1. The summed E-state index contributed by atoms with van der Waals surface area (Å²) in [6.07, 6.45) is 18.6. The number of aliphatic hydroxyl groups excluding tert-OH is 2. The highest BCUT2D eigenvalue weighted by Gasteiger charge is 2.46. The molecular weight excluding hydrogens is 695 g/mol. The van der Waals surface area contributed by atoms with Crippen molar-refractivity contribution in [2.75, 3.05) is 19.0 Å². The summed E-state index contributed by atoms with van der Waals surface area (Å²) in [6.45, 7) is 9.51. The molecule has 12 nitrogen and oxygen atoms in total. The monoisotopic (exact) mass is 762 g/mol. The molecule has 1 saturated heterocycles. The van der Waals surface area contributed by atoms with E-state index in [9.17, 15) is 24.4 Å². The Kier molecular flexibility index (Phi) is 23.8. The molecule has 0 saturated carbocycles. The van der Waals surface area contributed by atoms with E-state index in [0.29, 0.717) is 6.42 Å². The number of aliphatic hydroxyl groups is 2. The zero-order chi connectivity index (χ0) is 37.5. The largest absolute Gasteiger partial charge is 0.502 e. The van der Waals surface area contributed by atoms with Gasteiger partial charge in [0.1, 0.15) is 24.4 Å². The normalized spacial score (nSPS) is 21.7. The third kappa shape index (κ3) is 17.2. The molecule has 0 spiro atoms. The number of allylic oxidation sites excluding steroid dienone is 1. The Morgan fingerprint density at radius 1 is 0.902 bits per heavy atom. The Balaban J connectivity index is 1.96. The molecule has 2 heterocycles. The summed E-state index contributed by atoms with van der Waals surface area (Å²) in [5.41, 5.74) is -1.25. The molecule has 2 rings (SSSR count). The minimum atomic E-state index is -4.28. The molecule has 1 aromatic heterocycles. The second-order valence-corrected chi connectivity index (χ2v) is 16.5. The van der Waals surface area contributed by atoms with E-state index >= 15 is 0 Å². The maximum absolute atomic E-state index is 13.7. The maximum Gasteiger partial charge on any atom is 0.502 e. The number of unbranched alkanes of at least 4 members (excludes halogenated alkanes) is 13. The van der Waals surface area contributed by atoms with Crippen LogP contribution in [0.15, 0.2) is 21.9 Å². The number of nitrogens with one attached hydrogen (secondary N) is 1. The lowest BCUT2D eigenvalue weighted by Gasteiger charge is -2.25. The number of aromatic nitrogens is 2. The Morgan fingerprint density at radius 2 is 1.51 bits per heavy atom. The second-order valence-electron chi connectivity index (χ2n) is 13.5. The van der Waals surface area contributed by atoms with Gasteiger partial charge in [0.05, 0.1) is 18.8 Å². The molecule has 296 valence electrons. The topological polar surface area (TPSA) is 159 Å². The summed E-state index contributed by atoms with van der Waals surface area (Å²) in [6, 6.07) is 0. The standard InChI is InChI=1S/C37H67N2O10PS/c1-6-10-12-14-15-16-17-18-20-22-26-51-32(24-21-19-13-11-7-2)29(5)48-49-50(44,45-25-9-4)46-28-31-33(40)34(41)36(47-31)39-27-30(23-8-3)35(42)38-37(39)43/h8,23,27,29,31-34,36,40-41H,6-7,9-22,24-26,28H2,1-5H3,(H,38,42,43)/t29?,31-,32?,33-,34-,36-,50?/m1/s1. The molecular formula is C37H67N2O10PS. The van der Waals surface area contributed by atoms with Gasteiger partial charge in [-0.1, -0.05) is 123 Å². The van der Waals surface area contributed by atoms with Gasteiger partial charge in [-0.25, -0.2) is 14.2 Å². The minimum Gasteiger partial charge on any atom is -0.387 e. The van der Waals surface area contributed by atoms with Crippen LogP contribution in [-0.2, 0) is 27.9 Å². The maximum atomic E-state index is 13.7. The van der Waals surface area contributed by atoms with Gasteiger partial charge in [-0.3, -0.25) is 23.4 Å². The number of phosphoric ester groups is 1. The molecule has 1 aliphatic heterocycles. The Labute approximate surface area is 310 Å². The third-order valence-electron chi connectivity index (χ3n) is 9.04. The number of hydrogen-bond donors (Lipinski definition) is 3. The van der Waals surface area contributed by atoms with Crippen molar-refractivity contribution in [3.63, 3.8) is 0 Å². The molecule has 0 amide bonds. The summed E-state index contributed by atoms with van der Waals surface area (Å²) in [7, 11) is -4.28. The molecule has 51 heavy (non-hydrogen) atoms. The van der Waals surface area contributed by atoms with Crippen LogP contribution in [0.4, 0.5) is 0 Å². The van der Waals surface area contributed by atoms with Gasteiger partial charge >= 0.3 is 13.5 Å². The van der Waals surface area contributed by atoms with Crippen LogP contribution < -0.4 is 11.2 Å². The van der Waals surface area contributed by atoms with Crippen LogP contribution in [0.25, 0.3) is 6.08 Å². The van der Waals surface area contributed by atoms with Crippen LogP contribution in [0.1, 0.15) is 156 Å². The Morgan fingerprint density at radius 3 is 2.12 bits per heavy atom. The fourth-order valence-electron chi connectivity index (χ4n) is 5.94. The summed E-state index contributed by atoms with van der Waals surface area (Å²) in [5.74, 6) is 1.01. The van der Waals surface area contributed by atoms with E-state index in [1.807, 2.05) is 25.6 Å². The predicted molar refractivity (Wildman–Crippen MR) is 205 cm³/mol. The smallest absolute Gasteiger partial charge is 0.387 e. The van der Waals surface area contributed by atoms with Gasteiger partial charge < -0.3 is 14.9 Å². The second kappa shape index (κ2) is 26.5. The van der Waals surface area contributed by atoms with Crippen molar-refractivity contribution in [1.82, 2.24) is 9.55 Å². The number of ether oxygens (including phenoxy) is 1. The molecule has 7 atom stereocenters. The first-order valence-electron chi connectivity index (χ1n) is 19.5. The lowest BCUT2D eigenvalue weighted by molar-refractivity contribution is -0.258. The van der Waals surface area contributed by atoms with Crippen molar-refractivity contribution in [3.8, 4) is 0 Å². The summed E-state index contributed by atoms with van der Waals surface area (Å²) < 4.78 is 37.0. The molecule has 0 aliphatic carbocycles. The third-order valence-corrected chi connectivity index (χ3v) is 11.8. The highest BCUT2D eigenvalue weighted by Crippen LogP contribution is 2.51. The summed E-state index contributed by atoms with van der Waals surface area (Å²) in [5, 5.41) is 21.6. The molecule has 14 heteroatoms. The van der Waals surface area contributed by atoms with Crippen molar-refractivity contribution in [3.05, 3.63) is 38.7 Å². The minimum absolute atomic E-state index is 0.0726. The van der Waals surface area contributed by atoms with E-state index in [2.05, 4.69) is 18.8 Å². The average Bonchev–Trinajstić information content (AvgIpc) is 3.40. The lowest BCUT2D eigenvalue weighted by atomic mass is 10.1. The molecule has 0 aromatic carbocycles. The van der Waals surface area contributed by atoms with Crippen molar-refractivity contribution in [2.45, 2.75) is 180 Å². The zero-order valence-corrected chi connectivity index (χ0v) is 33.5. The highest BCUT2D eigenvalue weighted by atomic mass is 32.2. The molecule has 0 radical (unpaired) electrons. The first-order chi connectivity index (χ1) is 24.6. The van der Waals surface area contributed by atoms with Crippen molar-refractivity contribution >= 4 is 25.7 Å². The lowest BCUT2D eigenvalue weighted by Crippen LogP contribution is -2.38. The zero-order valence-electron chi connectivity index (χ0n) is 31.8. The highest BCUT2D eigenvalue weighted by molar-refractivity contribution is 7.99. The Hall–Kier alpha value is -1.28. The number of rotatable bonds is 30. The molecule has 3 unspecified atom stereocenters. The number of thioether (sulfide) groups is 1. The molecule has 1 aromatic rings. The van der Waals surface area contributed by atoms with E-state index in [1.165, 1.54) is 89.3 Å². The first-order valence-corrected chi connectivity index (χ1v) is 22.0. The first kappa shape index (κ1) is 45.9. The molecule has 0 bridgehead atoms.